The first-order valence-electron chi connectivity index (χ1n) is 9.37. The number of amides is 3. The van der Waals surface area contributed by atoms with Gasteiger partial charge in [-0.2, -0.15) is 0 Å². The van der Waals surface area contributed by atoms with Crippen molar-refractivity contribution in [1.29, 1.82) is 0 Å². The Morgan fingerprint density at radius 2 is 2.00 bits per heavy atom. The van der Waals surface area contributed by atoms with Crippen LogP contribution in [0.2, 0.25) is 5.02 Å². The quantitative estimate of drug-likeness (QED) is 0.828. The smallest absolute Gasteiger partial charge is 0.326 e. The summed E-state index contributed by atoms with van der Waals surface area (Å²) in [6.07, 6.45) is 4.36. The first-order chi connectivity index (χ1) is 13.0. The van der Waals surface area contributed by atoms with Crippen molar-refractivity contribution in [2.45, 2.75) is 44.2 Å². The van der Waals surface area contributed by atoms with Gasteiger partial charge in [0.05, 0.1) is 10.6 Å². The topological polar surface area (TPSA) is 89.9 Å². The molecule has 0 unspecified atom stereocenters. The van der Waals surface area contributed by atoms with Crippen LogP contribution in [0, 0.1) is 5.92 Å². The van der Waals surface area contributed by atoms with Crippen LogP contribution in [-0.2, 0) is 4.79 Å². The van der Waals surface area contributed by atoms with E-state index in [1.165, 1.54) is 4.90 Å². The Morgan fingerprint density at radius 3 is 2.70 bits per heavy atom. The summed E-state index contributed by atoms with van der Waals surface area (Å²) in [6.45, 7) is 1.06. The van der Waals surface area contributed by atoms with Gasteiger partial charge < -0.3 is 15.3 Å². The highest BCUT2D eigenvalue weighted by Gasteiger charge is 2.48. The number of anilines is 1. The van der Waals surface area contributed by atoms with Gasteiger partial charge >= 0.3 is 12.0 Å². The minimum atomic E-state index is -0.969. The van der Waals surface area contributed by atoms with Crippen LogP contribution < -0.4 is 10.2 Å². The van der Waals surface area contributed by atoms with E-state index < -0.39 is 12.0 Å². The predicted octanol–water partition coefficient (Wildman–Crippen LogP) is 2.73. The van der Waals surface area contributed by atoms with Crippen molar-refractivity contribution in [3.05, 3.63) is 28.8 Å². The molecule has 1 saturated carbocycles. The van der Waals surface area contributed by atoms with E-state index in [4.69, 9.17) is 11.6 Å². The average molecular weight is 392 g/mol. The normalized spacial score (nSPS) is 27.4. The van der Waals surface area contributed by atoms with Crippen LogP contribution >= 0.6 is 11.6 Å². The molecule has 1 aliphatic carbocycles. The molecular weight excluding hydrogens is 370 g/mol. The monoisotopic (exact) mass is 391 g/mol. The molecule has 2 heterocycles. The van der Waals surface area contributed by atoms with E-state index in [-0.39, 0.29) is 34.5 Å². The van der Waals surface area contributed by atoms with Crippen LogP contribution in [0.5, 0.6) is 0 Å². The van der Waals surface area contributed by atoms with Gasteiger partial charge in [0.2, 0.25) is 0 Å². The molecule has 2 aliphatic heterocycles. The number of nitrogens with zero attached hydrogens (tertiary/aromatic N) is 2. The highest BCUT2D eigenvalue weighted by molar-refractivity contribution is 6.34. The molecule has 3 atom stereocenters. The highest BCUT2D eigenvalue weighted by atomic mass is 35.5. The lowest BCUT2D eigenvalue weighted by atomic mass is 9.84. The number of urea groups is 1. The Balaban J connectivity index is 1.68. The molecule has 3 fully saturated rings. The zero-order valence-corrected chi connectivity index (χ0v) is 15.6. The number of fused-ring (bicyclic) bond motifs is 1. The summed E-state index contributed by atoms with van der Waals surface area (Å²) in [6, 6.07) is 3.81. The predicted molar refractivity (Wildman–Crippen MR) is 100 cm³/mol. The molecule has 3 aliphatic rings. The van der Waals surface area contributed by atoms with Gasteiger partial charge in [-0.05, 0) is 43.4 Å². The lowest BCUT2D eigenvalue weighted by Crippen LogP contribution is -2.46. The van der Waals surface area contributed by atoms with Gasteiger partial charge in [0.1, 0.15) is 6.04 Å². The number of aliphatic carboxylic acids is 1. The SMILES string of the molecule is O=C(O)[C@@H]1C[C@@H]2CCCC[C@H]2N1C(=O)c1cc(N2CCNC2=O)ccc1Cl. The van der Waals surface area contributed by atoms with E-state index in [0.717, 1.165) is 25.7 Å². The second kappa shape index (κ2) is 7.03. The highest BCUT2D eigenvalue weighted by Crippen LogP contribution is 2.41. The second-order valence-electron chi connectivity index (χ2n) is 7.46. The van der Waals surface area contributed by atoms with E-state index in [0.29, 0.717) is 25.2 Å². The maximum Gasteiger partial charge on any atom is 0.326 e. The molecule has 3 amide bonds. The maximum atomic E-state index is 13.3. The number of likely N-dealkylation sites (tertiary alicyclic amines) is 1. The summed E-state index contributed by atoms with van der Waals surface area (Å²) >= 11 is 6.30. The molecule has 1 aromatic rings. The van der Waals surface area contributed by atoms with Crippen LogP contribution in [0.1, 0.15) is 42.5 Å². The molecular formula is C19H22ClN3O4. The lowest BCUT2D eigenvalue weighted by molar-refractivity contribution is -0.141. The fourth-order valence-corrected chi connectivity index (χ4v) is 4.87. The zero-order valence-electron chi connectivity index (χ0n) is 14.9. The molecule has 144 valence electrons. The molecule has 0 spiro atoms. The molecule has 0 bridgehead atoms. The van der Waals surface area contributed by atoms with E-state index in [1.807, 2.05) is 0 Å². The molecule has 7 nitrogen and oxygen atoms in total. The van der Waals surface area contributed by atoms with Crippen molar-refractivity contribution in [1.82, 2.24) is 10.2 Å². The first kappa shape index (κ1) is 18.1. The number of halogens is 1. The van der Waals surface area contributed by atoms with Gasteiger partial charge in [-0.3, -0.25) is 9.69 Å². The summed E-state index contributed by atoms with van der Waals surface area (Å²) < 4.78 is 0. The van der Waals surface area contributed by atoms with Gasteiger partial charge in [-0.25, -0.2) is 9.59 Å². The van der Waals surface area contributed by atoms with Crippen LogP contribution in [0.3, 0.4) is 0 Å². The zero-order chi connectivity index (χ0) is 19.1. The first-order valence-corrected chi connectivity index (χ1v) is 9.75. The third kappa shape index (κ3) is 3.14. The minimum Gasteiger partial charge on any atom is -0.480 e. The van der Waals surface area contributed by atoms with Crippen molar-refractivity contribution < 1.29 is 19.5 Å². The van der Waals surface area contributed by atoms with Gasteiger partial charge in [0.25, 0.3) is 5.91 Å². The average Bonchev–Trinajstić information content (AvgIpc) is 3.25. The molecule has 0 aromatic heterocycles. The molecule has 8 heteroatoms. The standard InChI is InChI=1S/C19H22ClN3O4/c20-14-6-5-12(22-8-7-21-19(22)27)10-13(14)17(24)23-15-4-2-1-3-11(15)9-16(23)18(25)26/h5-6,10-11,15-16H,1-4,7-9H2,(H,21,27)(H,25,26)/t11-,15+,16-/m0/s1. The molecule has 2 N–H and O–H groups in total. The maximum absolute atomic E-state index is 13.3. The summed E-state index contributed by atoms with van der Waals surface area (Å²) in [5, 5.41) is 12.7. The van der Waals surface area contributed by atoms with Gasteiger partial charge in [0, 0.05) is 24.8 Å². The van der Waals surface area contributed by atoms with Crippen molar-refractivity contribution in [2.75, 3.05) is 18.0 Å². The Hall–Kier alpha value is -2.28. The fourth-order valence-electron chi connectivity index (χ4n) is 4.67. The fraction of sp³-hybridized carbons (Fsp3) is 0.526. The third-order valence-corrected chi connectivity index (χ3v) is 6.29. The van der Waals surface area contributed by atoms with Crippen molar-refractivity contribution in [3.63, 3.8) is 0 Å². The van der Waals surface area contributed by atoms with Crippen LogP contribution in [-0.4, -0.2) is 53.1 Å². The molecule has 0 radical (unpaired) electrons. The number of hydrogen-bond acceptors (Lipinski definition) is 3. The number of rotatable bonds is 3. The Labute approximate surface area is 162 Å². The largest absolute Gasteiger partial charge is 0.480 e. The van der Waals surface area contributed by atoms with Crippen molar-refractivity contribution >= 4 is 35.2 Å². The summed E-state index contributed by atoms with van der Waals surface area (Å²) in [5.41, 5.74) is 0.843. The number of benzene rings is 1. The third-order valence-electron chi connectivity index (χ3n) is 5.96. The number of carbonyl (C=O) groups excluding carboxylic acids is 2. The summed E-state index contributed by atoms with van der Waals surface area (Å²) in [4.78, 5) is 40.2. The van der Waals surface area contributed by atoms with Crippen molar-refractivity contribution in [3.8, 4) is 0 Å². The Bertz CT molecular complexity index is 799. The second-order valence-corrected chi connectivity index (χ2v) is 7.87. The molecule has 27 heavy (non-hydrogen) atoms. The lowest BCUT2D eigenvalue weighted by Gasteiger charge is -2.33. The van der Waals surface area contributed by atoms with Crippen LogP contribution in [0.25, 0.3) is 0 Å². The number of carboxylic acids is 1. The summed E-state index contributed by atoms with van der Waals surface area (Å²) in [7, 11) is 0. The molecule has 4 rings (SSSR count). The van der Waals surface area contributed by atoms with Gasteiger partial charge in [-0.1, -0.05) is 24.4 Å². The minimum absolute atomic E-state index is 0.0536. The van der Waals surface area contributed by atoms with E-state index in [2.05, 4.69) is 5.32 Å². The number of carbonyl (C=O) groups is 3. The van der Waals surface area contributed by atoms with Gasteiger partial charge in [0.15, 0.2) is 0 Å². The van der Waals surface area contributed by atoms with Crippen molar-refractivity contribution in [2.24, 2.45) is 5.92 Å². The number of carboxylic acid groups (broad SMARTS) is 1. The van der Waals surface area contributed by atoms with E-state index in [9.17, 15) is 19.5 Å². The summed E-state index contributed by atoms with van der Waals surface area (Å²) in [5.74, 6) is -1.10. The van der Waals surface area contributed by atoms with Gasteiger partial charge in [-0.15, -0.1) is 0 Å². The van der Waals surface area contributed by atoms with Crippen LogP contribution in [0.4, 0.5) is 10.5 Å². The number of nitrogens with one attached hydrogen (secondary N) is 1. The van der Waals surface area contributed by atoms with Crippen LogP contribution in [0.15, 0.2) is 18.2 Å². The molecule has 1 aromatic carbocycles. The Kier molecular flexibility index (Phi) is 4.72. The van der Waals surface area contributed by atoms with E-state index in [1.54, 1.807) is 23.1 Å². The Morgan fingerprint density at radius 1 is 1.22 bits per heavy atom. The van der Waals surface area contributed by atoms with E-state index >= 15 is 0 Å². The number of hydrogen-bond donors (Lipinski definition) is 2. The molecule has 2 saturated heterocycles.